The molecule has 0 amide bonds. The van der Waals surface area contributed by atoms with E-state index in [1.54, 1.807) is 11.6 Å². The predicted molar refractivity (Wildman–Crippen MR) is 71.4 cm³/mol. The third-order valence-corrected chi connectivity index (χ3v) is 2.57. The summed E-state index contributed by atoms with van der Waals surface area (Å²) < 4.78 is 6.67. The van der Waals surface area contributed by atoms with Crippen LogP contribution in [0.5, 0.6) is 0 Å². The molecule has 102 valence electrons. The zero-order valence-corrected chi connectivity index (χ0v) is 11.9. The molecule has 18 heavy (non-hydrogen) atoms. The van der Waals surface area contributed by atoms with Gasteiger partial charge in [-0.1, -0.05) is 20.8 Å². The summed E-state index contributed by atoms with van der Waals surface area (Å²) in [5.41, 5.74) is 7.23. The number of carbonyl (C=O) groups excluding carboxylic acids is 1. The normalized spacial score (nSPS) is 11.6. The van der Waals surface area contributed by atoms with Gasteiger partial charge in [-0.25, -0.2) is 9.48 Å². The third kappa shape index (κ3) is 3.24. The molecule has 1 aromatic heterocycles. The molecule has 0 saturated heterocycles. The fraction of sp³-hybridized carbons (Fsp3) is 0.692. The van der Waals surface area contributed by atoms with Crippen LogP contribution in [0.25, 0.3) is 0 Å². The summed E-state index contributed by atoms with van der Waals surface area (Å²) in [5.74, 6) is 0.172. The van der Waals surface area contributed by atoms with Gasteiger partial charge in [0.2, 0.25) is 0 Å². The standard InChI is InChI=1S/C13H23N3O2/c1-6-16-11(14)9(8-13(3,4)5)10(15-16)12(17)18-7-2/h6-8,14H2,1-5H3. The second-order valence-corrected chi connectivity index (χ2v) is 5.49. The summed E-state index contributed by atoms with van der Waals surface area (Å²) >= 11 is 0. The highest BCUT2D eigenvalue weighted by Gasteiger charge is 2.25. The van der Waals surface area contributed by atoms with Crippen LogP contribution < -0.4 is 5.73 Å². The van der Waals surface area contributed by atoms with Crippen molar-refractivity contribution in [3.05, 3.63) is 11.3 Å². The maximum atomic E-state index is 11.9. The second kappa shape index (κ2) is 5.42. The lowest BCUT2D eigenvalue weighted by Crippen LogP contribution is -2.15. The average Bonchev–Trinajstić information content (AvgIpc) is 2.55. The maximum Gasteiger partial charge on any atom is 0.359 e. The first-order chi connectivity index (χ1) is 8.30. The highest BCUT2D eigenvalue weighted by molar-refractivity contribution is 5.90. The molecule has 0 aliphatic rings. The lowest BCUT2D eigenvalue weighted by Gasteiger charge is -2.18. The highest BCUT2D eigenvalue weighted by atomic mass is 16.5. The van der Waals surface area contributed by atoms with Gasteiger partial charge in [0.1, 0.15) is 5.82 Å². The van der Waals surface area contributed by atoms with Gasteiger partial charge in [0.25, 0.3) is 0 Å². The van der Waals surface area contributed by atoms with E-state index in [4.69, 9.17) is 10.5 Å². The summed E-state index contributed by atoms with van der Waals surface area (Å²) in [5, 5.41) is 4.25. The van der Waals surface area contributed by atoms with Gasteiger partial charge in [0.05, 0.1) is 6.61 Å². The number of nitrogens with zero attached hydrogens (tertiary/aromatic N) is 2. The SMILES string of the molecule is CCOC(=O)c1nn(CC)c(N)c1CC(C)(C)C. The molecular weight excluding hydrogens is 230 g/mol. The van der Waals surface area contributed by atoms with E-state index in [1.807, 2.05) is 6.92 Å². The molecule has 0 unspecified atom stereocenters. The van der Waals surface area contributed by atoms with Crippen LogP contribution in [0, 0.1) is 5.41 Å². The van der Waals surface area contributed by atoms with E-state index in [-0.39, 0.29) is 5.41 Å². The van der Waals surface area contributed by atoms with E-state index >= 15 is 0 Å². The van der Waals surface area contributed by atoms with Crippen molar-refractivity contribution in [3.63, 3.8) is 0 Å². The first kappa shape index (κ1) is 14.5. The molecule has 0 saturated carbocycles. The molecule has 0 fully saturated rings. The van der Waals surface area contributed by atoms with Gasteiger partial charge in [-0.3, -0.25) is 0 Å². The fourth-order valence-electron chi connectivity index (χ4n) is 1.82. The minimum absolute atomic E-state index is 0.0387. The molecule has 5 nitrogen and oxygen atoms in total. The zero-order chi connectivity index (χ0) is 13.9. The smallest absolute Gasteiger partial charge is 0.359 e. The van der Waals surface area contributed by atoms with Gasteiger partial charge in [0, 0.05) is 12.1 Å². The molecule has 1 aromatic rings. The average molecular weight is 253 g/mol. The highest BCUT2D eigenvalue weighted by Crippen LogP contribution is 2.27. The van der Waals surface area contributed by atoms with E-state index in [0.717, 1.165) is 5.56 Å². The van der Waals surface area contributed by atoms with Crippen LogP contribution in [0.1, 0.15) is 50.7 Å². The number of hydrogen-bond acceptors (Lipinski definition) is 4. The van der Waals surface area contributed by atoms with Crippen molar-refractivity contribution < 1.29 is 9.53 Å². The molecule has 1 rings (SSSR count). The van der Waals surface area contributed by atoms with E-state index in [0.29, 0.717) is 31.1 Å². The van der Waals surface area contributed by atoms with Crippen LogP contribution in [0.2, 0.25) is 0 Å². The van der Waals surface area contributed by atoms with Crippen LogP contribution in [-0.4, -0.2) is 22.4 Å². The van der Waals surface area contributed by atoms with Gasteiger partial charge in [-0.15, -0.1) is 0 Å². The Balaban J connectivity index is 3.19. The van der Waals surface area contributed by atoms with E-state index in [1.165, 1.54) is 0 Å². The second-order valence-electron chi connectivity index (χ2n) is 5.49. The number of ether oxygens (including phenoxy) is 1. The lowest BCUT2D eigenvalue weighted by molar-refractivity contribution is 0.0517. The Morgan fingerprint density at radius 3 is 2.44 bits per heavy atom. The molecule has 5 heteroatoms. The van der Waals surface area contributed by atoms with Gasteiger partial charge >= 0.3 is 5.97 Å². The number of aryl methyl sites for hydroxylation is 1. The summed E-state index contributed by atoms with van der Waals surface area (Å²) in [6, 6.07) is 0. The Bertz CT molecular complexity index is 430. The fourth-order valence-corrected chi connectivity index (χ4v) is 1.82. The van der Waals surface area contributed by atoms with Gasteiger partial charge in [-0.05, 0) is 25.7 Å². The van der Waals surface area contributed by atoms with Crippen molar-refractivity contribution in [2.45, 2.75) is 47.6 Å². The summed E-state index contributed by atoms with van der Waals surface area (Å²) in [6.45, 7) is 11.0. The zero-order valence-electron chi connectivity index (χ0n) is 11.9. The number of carbonyl (C=O) groups is 1. The van der Waals surface area contributed by atoms with Crippen LogP contribution in [-0.2, 0) is 17.7 Å². The van der Waals surface area contributed by atoms with Crippen molar-refractivity contribution in [2.24, 2.45) is 5.41 Å². The predicted octanol–water partition coefficient (Wildman–Crippen LogP) is 2.25. The van der Waals surface area contributed by atoms with Crippen molar-refractivity contribution in [2.75, 3.05) is 12.3 Å². The van der Waals surface area contributed by atoms with E-state index in [2.05, 4.69) is 25.9 Å². The largest absolute Gasteiger partial charge is 0.461 e. The molecule has 2 N–H and O–H groups in total. The number of esters is 1. The lowest BCUT2D eigenvalue weighted by atomic mass is 9.88. The van der Waals surface area contributed by atoms with Crippen LogP contribution in [0.4, 0.5) is 5.82 Å². The molecule has 0 atom stereocenters. The van der Waals surface area contributed by atoms with Crippen molar-refractivity contribution >= 4 is 11.8 Å². The Hall–Kier alpha value is -1.52. The summed E-state index contributed by atoms with van der Waals surface area (Å²) in [6.07, 6.45) is 0.701. The topological polar surface area (TPSA) is 70.1 Å². The van der Waals surface area contributed by atoms with Crippen molar-refractivity contribution in [1.29, 1.82) is 0 Å². The van der Waals surface area contributed by atoms with E-state index in [9.17, 15) is 4.79 Å². The van der Waals surface area contributed by atoms with E-state index < -0.39 is 5.97 Å². The van der Waals surface area contributed by atoms with Gasteiger partial charge in [0.15, 0.2) is 5.69 Å². The van der Waals surface area contributed by atoms with Gasteiger partial charge < -0.3 is 10.5 Å². The van der Waals surface area contributed by atoms with Crippen LogP contribution in [0.15, 0.2) is 0 Å². The molecule has 0 aromatic carbocycles. The Labute approximate surface area is 108 Å². The maximum absolute atomic E-state index is 11.9. The molecule has 0 aliphatic carbocycles. The number of anilines is 1. The molecule has 0 aliphatic heterocycles. The molecular formula is C13H23N3O2. The quantitative estimate of drug-likeness (QED) is 0.835. The minimum Gasteiger partial charge on any atom is -0.461 e. The Morgan fingerprint density at radius 2 is 2.00 bits per heavy atom. The first-order valence-electron chi connectivity index (χ1n) is 6.32. The van der Waals surface area contributed by atoms with Crippen LogP contribution in [0.3, 0.4) is 0 Å². The molecule has 0 spiro atoms. The Morgan fingerprint density at radius 1 is 1.39 bits per heavy atom. The molecule has 1 heterocycles. The number of nitrogen functional groups attached to an aromatic ring is 1. The number of nitrogens with two attached hydrogens (primary N) is 1. The first-order valence-corrected chi connectivity index (χ1v) is 6.32. The monoisotopic (exact) mass is 253 g/mol. The van der Waals surface area contributed by atoms with Crippen molar-refractivity contribution in [1.82, 2.24) is 9.78 Å². The Kier molecular flexibility index (Phi) is 4.38. The molecule has 0 radical (unpaired) electrons. The van der Waals surface area contributed by atoms with Gasteiger partial charge in [-0.2, -0.15) is 5.10 Å². The summed E-state index contributed by atoms with van der Waals surface area (Å²) in [4.78, 5) is 11.9. The molecule has 0 bridgehead atoms. The minimum atomic E-state index is -0.393. The third-order valence-electron chi connectivity index (χ3n) is 2.57. The van der Waals surface area contributed by atoms with Crippen LogP contribution >= 0.6 is 0 Å². The number of aromatic nitrogens is 2. The van der Waals surface area contributed by atoms with Crippen molar-refractivity contribution in [3.8, 4) is 0 Å². The number of rotatable bonds is 4. The number of hydrogen-bond donors (Lipinski definition) is 1. The summed E-state index contributed by atoms with van der Waals surface area (Å²) in [7, 11) is 0.